The molecule has 3 heteroatoms. The van der Waals surface area contributed by atoms with Crippen molar-refractivity contribution < 1.29 is 0 Å². The van der Waals surface area contributed by atoms with Gasteiger partial charge in [-0.25, -0.2) is 0 Å². The minimum atomic E-state index is 0.205. The van der Waals surface area contributed by atoms with Gasteiger partial charge in [0.05, 0.1) is 0 Å². The van der Waals surface area contributed by atoms with Crippen LogP contribution in [0.15, 0.2) is 45.8 Å². The van der Waals surface area contributed by atoms with E-state index in [2.05, 4.69) is 34.6 Å². The lowest BCUT2D eigenvalue weighted by atomic mass is 10.1. The molecule has 1 rings (SSSR count). The van der Waals surface area contributed by atoms with E-state index in [0.717, 1.165) is 22.2 Å². The first-order valence-corrected chi connectivity index (χ1v) is 6.64. The SMILES string of the molecule is C=C(C)CC(N)CSc1ccc(Br)cc1. The highest BCUT2D eigenvalue weighted by Gasteiger charge is 2.03. The summed E-state index contributed by atoms with van der Waals surface area (Å²) in [6, 6.07) is 8.50. The lowest BCUT2D eigenvalue weighted by Gasteiger charge is -2.10. The van der Waals surface area contributed by atoms with Crippen molar-refractivity contribution in [2.24, 2.45) is 5.73 Å². The Hall–Kier alpha value is -0.250. The van der Waals surface area contributed by atoms with Gasteiger partial charge in [0.25, 0.3) is 0 Å². The monoisotopic (exact) mass is 285 g/mol. The van der Waals surface area contributed by atoms with Crippen molar-refractivity contribution in [1.82, 2.24) is 0 Å². The molecule has 15 heavy (non-hydrogen) atoms. The van der Waals surface area contributed by atoms with Gasteiger partial charge >= 0.3 is 0 Å². The number of thioether (sulfide) groups is 1. The van der Waals surface area contributed by atoms with E-state index in [1.807, 2.05) is 19.1 Å². The van der Waals surface area contributed by atoms with Crippen molar-refractivity contribution in [3.8, 4) is 0 Å². The van der Waals surface area contributed by atoms with Gasteiger partial charge in [0.15, 0.2) is 0 Å². The summed E-state index contributed by atoms with van der Waals surface area (Å²) in [5.41, 5.74) is 7.11. The van der Waals surface area contributed by atoms with Gasteiger partial charge in [-0.05, 0) is 37.6 Å². The van der Waals surface area contributed by atoms with Crippen molar-refractivity contribution in [3.63, 3.8) is 0 Å². The number of hydrogen-bond donors (Lipinski definition) is 1. The zero-order valence-corrected chi connectivity index (χ0v) is 11.3. The molecule has 0 saturated carbocycles. The van der Waals surface area contributed by atoms with Gasteiger partial charge in [-0.15, -0.1) is 18.3 Å². The lowest BCUT2D eigenvalue weighted by Crippen LogP contribution is -2.22. The van der Waals surface area contributed by atoms with Gasteiger partial charge in [0.1, 0.15) is 0 Å². The molecule has 0 heterocycles. The molecule has 0 aliphatic heterocycles. The molecule has 0 aliphatic carbocycles. The Kier molecular flexibility index (Phi) is 5.43. The van der Waals surface area contributed by atoms with Gasteiger partial charge in [0, 0.05) is 21.2 Å². The van der Waals surface area contributed by atoms with Gasteiger partial charge in [-0.2, -0.15) is 0 Å². The summed E-state index contributed by atoms with van der Waals surface area (Å²) in [5, 5.41) is 0. The highest BCUT2D eigenvalue weighted by Crippen LogP contribution is 2.21. The molecule has 0 radical (unpaired) electrons. The third kappa shape index (κ3) is 5.40. The van der Waals surface area contributed by atoms with Crippen LogP contribution < -0.4 is 5.73 Å². The third-order valence-corrected chi connectivity index (χ3v) is 3.62. The largest absolute Gasteiger partial charge is 0.327 e. The van der Waals surface area contributed by atoms with Crippen LogP contribution >= 0.6 is 27.7 Å². The fraction of sp³-hybridized carbons (Fsp3) is 0.333. The standard InChI is InChI=1S/C12H16BrNS/c1-9(2)7-11(14)8-15-12-5-3-10(13)4-6-12/h3-6,11H,1,7-8,14H2,2H3. The molecule has 0 amide bonds. The molecular weight excluding hydrogens is 270 g/mol. The van der Waals surface area contributed by atoms with Gasteiger partial charge in [0.2, 0.25) is 0 Å². The Labute approximate surface area is 104 Å². The fourth-order valence-electron chi connectivity index (χ4n) is 1.24. The maximum atomic E-state index is 5.96. The maximum absolute atomic E-state index is 5.96. The van der Waals surface area contributed by atoms with Crippen molar-refractivity contribution in [2.75, 3.05) is 5.75 Å². The van der Waals surface area contributed by atoms with Crippen molar-refractivity contribution >= 4 is 27.7 Å². The fourth-order valence-corrected chi connectivity index (χ4v) is 2.36. The van der Waals surface area contributed by atoms with Crippen LogP contribution in [0, 0.1) is 0 Å². The van der Waals surface area contributed by atoms with Crippen LogP contribution in [0.2, 0.25) is 0 Å². The minimum absolute atomic E-state index is 0.205. The quantitative estimate of drug-likeness (QED) is 0.657. The molecule has 0 bridgehead atoms. The second-order valence-corrected chi connectivity index (χ2v) is 5.70. The second kappa shape index (κ2) is 6.36. The van der Waals surface area contributed by atoms with Crippen LogP contribution in [0.4, 0.5) is 0 Å². The lowest BCUT2D eigenvalue weighted by molar-refractivity contribution is 0.743. The maximum Gasteiger partial charge on any atom is 0.0176 e. The van der Waals surface area contributed by atoms with Crippen LogP contribution in [-0.4, -0.2) is 11.8 Å². The third-order valence-electron chi connectivity index (χ3n) is 1.89. The van der Waals surface area contributed by atoms with Crippen LogP contribution in [0.1, 0.15) is 13.3 Å². The summed E-state index contributed by atoms with van der Waals surface area (Å²) in [7, 11) is 0. The topological polar surface area (TPSA) is 26.0 Å². The van der Waals surface area contributed by atoms with Crippen molar-refractivity contribution in [3.05, 3.63) is 40.9 Å². The normalized spacial score (nSPS) is 12.5. The van der Waals surface area contributed by atoms with E-state index < -0.39 is 0 Å². The van der Waals surface area contributed by atoms with E-state index in [4.69, 9.17) is 5.73 Å². The zero-order chi connectivity index (χ0) is 11.3. The first-order valence-electron chi connectivity index (χ1n) is 4.86. The predicted octanol–water partition coefficient (Wildman–Crippen LogP) is 3.83. The predicted molar refractivity (Wildman–Crippen MR) is 72.3 cm³/mol. The van der Waals surface area contributed by atoms with Gasteiger partial charge < -0.3 is 5.73 Å². The highest BCUT2D eigenvalue weighted by atomic mass is 79.9. The molecule has 1 atom stereocenters. The van der Waals surface area contributed by atoms with E-state index in [0.29, 0.717) is 0 Å². The Morgan fingerprint density at radius 1 is 1.47 bits per heavy atom. The Balaban J connectivity index is 2.36. The van der Waals surface area contributed by atoms with Crippen molar-refractivity contribution in [1.29, 1.82) is 0 Å². The van der Waals surface area contributed by atoms with E-state index in [1.165, 1.54) is 4.90 Å². The summed E-state index contributed by atoms with van der Waals surface area (Å²) in [6.45, 7) is 5.88. The first kappa shape index (κ1) is 12.8. The van der Waals surface area contributed by atoms with Gasteiger partial charge in [-0.1, -0.05) is 21.5 Å². The highest BCUT2D eigenvalue weighted by molar-refractivity contribution is 9.10. The molecule has 0 saturated heterocycles. The van der Waals surface area contributed by atoms with E-state index in [1.54, 1.807) is 11.8 Å². The van der Waals surface area contributed by atoms with Crippen LogP contribution in [0.5, 0.6) is 0 Å². The number of halogens is 1. The Morgan fingerprint density at radius 3 is 2.60 bits per heavy atom. The molecule has 1 nitrogen and oxygen atoms in total. The molecule has 0 spiro atoms. The summed E-state index contributed by atoms with van der Waals surface area (Å²) < 4.78 is 1.11. The Morgan fingerprint density at radius 2 is 2.07 bits per heavy atom. The molecule has 82 valence electrons. The molecule has 2 N–H and O–H groups in total. The smallest absolute Gasteiger partial charge is 0.0176 e. The van der Waals surface area contributed by atoms with Crippen molar-refractivity contribution in [2.45, 2.75) is 24.3 Å². The summed E-state index contributed by atoms with van der Waals surface area (Å²) in [6.07, 6.45) is 0.906. The molecule has 1 aromatic rings. The summed E-state index contributed by atoms with van der Waals surface area (Å²) in [4.78, 5) is 1.26. The summed E-state index contributed by atoms with van der Waals surface area (Å²) in [5.74, 6) is 0.939. The Bertz CT molecular complexity index is 321. The number of rotatable bonds is 5. The van der Waals surface area contributed by atoms with E-state index in [9.17, 15) is 0 Å². The number of nitrogens with two attached hydrogens (primary N) is 1. The summed E-state index contributed by atoms with van der Waals surface area (Å²) >= 11 is 5.20. The molecular formula is C12H16BrNS. The number of benzene rings is 1. The van der Waals surface area contributed by atoms with E-state index >= 15 is 0 Å². The van der Waals surface area contributed by atoms with Crippen LogP contribution in [0.25, 0.3) is 0 Å². The molecule has 1 unspecified atom stereocenters. The van der Waals surface area contributed by atoms with E-state index in [-0.39, 0.29) is 6.04 Å². The minimum Gasteiger partial charge on any atom is -0.327 e. The average Bonchev–Trinajstić information content (AvgIpc) is 2.16. The van der Waals surface area contributed by atoms with Crippen LogP contribution in [-0.2, 0) is 0 Å². The second-order valence-electron chi connectivity index (χ2n) is 3.69. The zero-order valence-electron chi connectivity index (χ0n) is 8.87. The number of hydrogen-bond acceptors (Lipinski definition) is 2. The first-order chi connectivity index (χ1) is 7.08. The van der Waals surface area contributed by atoms with Gasteiger partial charge in [-0.3, -0.25) is 0 Å². The average molecular weight is 286 g/mol. The van der Waals surface area contributed by atoms with Crippen LogP contribution in [0.3, 0.4) is 0 Å². The molecule has 1 aromatic carbocycles. The molecule has 0 fully saturated rings. The molecule has 0 aliphatic rings. The molecule has 0 aromatic heterocycles.